The molecule has 23 heavy (non-hydrogen) atoms. The van der Waals surface area contributed by atoms with E-state index >= 15 is 0 Å². The molecule has 0 spiro atoms. The number of urea groups is 1. The van der Waals surface area contributed by atoms with E-state index in [0.717, 1.165) is 18.2 Å². The van der Waals surface area contributed by atoms with Gasteiger partial charge in [-0.05, 0) is 60.4 Å². The van der Waals surface area contributed by atoms with Crippen molar-refractivity contribution in [2.24, 2.45) is 0 Å². The van der Waals surface area contributed by atoms with Crippen LogP contribution in [0.5, 0.6) is 0 Å². The van der Waals surface area contributed by atoms with Gasteiger partial charge in [0.1, 0.15) is 0 Å². The monoisotopic (exact) mass is 352 g/mol. The van der Waals surface area contributed by atoms with Crippen LogP contribution in [0.2, 0.25) is 0 Å². The van der Waals surface area contributed by atoms with E-state index in [1.54, 1.807) is 17.4 Å². The highest BCUT2D eigenvalue weighted by atomic mass is 32.2. The molecule has 0 saturated carbocycles. The highest BCUT2D eigenvalue weighted by Crippen LogP contribution is 2.20. The van der Waals surface area contributed by atoms with Crippen LogP contribution in [0.15, 0.2) is 39.9 Å². The topological polar surface area (TPSA) is 75.3 Å². The molecule has 7 heteroatoms. The number of carbonyl (C=O) groups is 1. The maximum Gasteiger partial charge on any atom is 0.319 e. The van der Waals surface area contributed by atoms with Crippen LogP contribution in [0, 0.1) is 6.92 Å². The van der Waals surface area contributed by atoms with Crippen molar-refractivity contribution < 1.29 is 13.2 Å². The minimum atomic E-state index is -3.31. The van der Waals surface area contributed by atoms with Gasteiger partial charge in [-0.3, -0.25) is 0 Å². The molecular formula is C16H20N2O3S2. The second-order valence-electron chi connectivity index (χ2n) is 5.58. The summed E-state index contributed by atoms with van der Waals surface area (Å²) in [5, 5.41) is 9.63. The van der Waals surface area contributed by atoms with Gasteiger partial charge in [-0.2, -0.15) is 11.3 Å². The van der Waals surface area contributed by atoms with E-state index in [2.05, 4.69) is 16.0 Å². The summed E-state index contributed by atoms with van der Waals surface area (Å²) in [6.45, 7) is 3.74. The standard InChI is InChI=1S/C16H20N2O3S2/c1-11-4-5-14(23(3,20)21)9-15(11)18-16(19)17-12(2)8-13-6-7-22-10-13/h4-7,9-10,12H,8H2,1-3H3,(H2,17,18,19)/t12-/m1/s1. The lowest BCUT2D eigenvalue weighted by molar-refractivity contribution is 0.249. The van der Waals surface area contributed by atoms with Crippen molar-refractivity contribution in [3.63, 3.8) is 0 Å². The quantitative estimate of drug-likeness (QED) is 0.867. The summed E-state index contributed by atoms with van der Waals surface area (Å²) in [7, 11) is -3.31. The van der Waals surface area contributed by atoms with Gasteiger partial charge in [0.15, 0.2) is 9.84 Å². The Labute approximate surface area is 140 Å². The first-order chi connectivity index (χ1) is 10.8. The summed E-state index contributed by atoms with van der Waals surface area (Å²) in [6.07, 6.45) is 1.89. The van der Waals surface area contributed by atoms with E-state index in [-0.39, 0.29) is 17.0 Å². The molecule has 2 aromatic rings. The maximum atomic E-state index is 12.1. The number of amides is 2. The van der Waals surface area contributed by atoms with Gasteiger partial charge in [-0.25, -0.2) is 13.2 Å². The van der Waals surface area contributed by atoms with Crippen LogP contribution >= 0.6 is 11.3 Å². The summed E-state index contributed by atoms with van der Waals surface area (Å²) in [4.78, 5) is 12.3. The lowest BCUT2D eigenvalue weighted by Gasteiger charge is -2.15. The Kier molecular flexibility index (Phi) is 5.43. The van der Waals surface area contributed by atoms with E-state index < -0.39 is 9.84 Å². The Hall–Kier alpha value is -1.86. The molecule has 0 aliphatic rings. The Morgan fingerprint density at radius 3 is 2.65 bits per heavy atom. The number of anilines is 1. The van der Waals surface area contributed by atoms with E-state index in [1.807, 2.05) is 25.3 Å². The molecule has 1 aromatic carbocycles. The molecule has 0 fully saturated rings. The Bertz CT molecular complexity index is 784. The second kappa shape index (κ2) is 7.14. The molecule has 5 nitrogen and oxygen atoms in total. The Morgan fingerprint density at radius 2 is 2.04 bits per heavy atom. The third kappa shape index (κ3) is 5.07. The second-order valence-corrected chi connectivity index (χ2v) is 8.38. The number of sulfone groups is 1. The number of aryl methyl sites for hydroxylation is 1. The van der Waals surface area contributed by atoms with Crippen molar-refractivity contribution in [3.8, 4) is 0 Å². The molecule has 0 aliphatic carbocycles. The highest BCUT2D eigenvalue weighted by molar-refractivity contribution is 7.90. The zero-order valence-corrected chi connectivity index (χ0v) is 14.9. The molecule has 0 bridgehead atoms. The lowest BCUT2D eigenvalue weighted by Crippen LogP contribution is -2.37. The molecule has 0 unspecified atom stereocenters. The minimum absolute atomic E-state index is 0.0250. The minimum Gasteiger partial charge on any atom is -0.335 e. The molecular weight excluding hydrogens is 332 g/mol. The van der Waals surface area contributed by atoms with Gasteiger partial charge in [0.2, 0.25) is 0 Å². The molecule has 1 heterocycles. The molecule has 1 atom stereocenters. The average molecular weight is 352 g/mol. The normalized spacial score (nSPS) is 12.7. The smallest absolute Gasteiger partial charge is 0.319 e. The Balaban J connectivity index is 2.02. The van der Waals surface area contributed by atoms with E-state index in [0.29, 0.717) is 5.69 Å². The largest absolute Gasteiger partial charge is 0.335 e. The maximum absolute atomic E-state index is 12.1. The molecule has 0 aliphatic heterocycles. The van der Waals surface area contributed by atoms with Gasteiger partial charge < -0.3 is 10.6 Å². The zero-order chi connectivity index (χ0) is 17.0. The molecule has 2 amide bonds. The van der Waals surface area contributed by atoms with Gasteiger partial charge in [-0.15, -0.1) is 0 Å². The highest BCUT2D eigenvalue weighted by Gasteiger charge is 2.13. The first-order valence-corrected chi connectivity index (χ1v) is 9.98. The van der Waals surface area contributed by atoms with Crippen molar-refractivity contribution in [1.29, 1.82) is 0 Å². The van der Waals surface area contributed by atoms with Crippen LogP contribution in [0.1, 0.15) is 18.1 Å². The summed E-state index contributed by atoms with van der Waals surface area (Å²) >= 11 is 1.62. The summed E-state index contributed by atoms with van der Waals surface area (Å²) in [6, 6.07) is 6.35. The number of thiophene rings is 1. The molecule has 124 valence electrons. The van der Waals surface area contributed by atoms with E-state index in [4.69, 9.17) is 0 Å². The number of hydrogen-bond donors (Lipinski definition) is 2. The van der Waals surface area contributed by atoms with E-state index in [1.165, 1.54) is 17.7 Å². The Morgan fingerprint density at radius 1 is 1.30 bits per heavy atom. The molecule has 2 rings (SSSR count). The van der Waals surface area contributed by atoms with Crippen LogP contribution in [-0.2, 0) is 16.3 Å². The molecule has 0 radical (unpaired) electrons. The predicted octanol–water partition coefficient (Wildman–Crippen LogP) is 3.21. The van der Waals surface area contributed by atoms with Crippen LogP contribution in [0.25, 0.3) is 0 Å². The van der Waals surface area contributed by atoms with Crippen molar-refractivity contribution in [1.82, 2.24) is 5.32 Å². The predicted molar refractivity (Wildman–Crippen MR) is 93.9 cm³/mol. The summed E-state index contributed by atoms with van der Waals surface area (Å²) in [5.74, 6) is 0. The SMILES string of the molecule is Cc1ccc(S(C)(=O)=O)cc1NC(=O)N[C@H](C)Cc1ccsc1. The third-order valence-corrected chi connectivity index (χ3v) is 5.23. The number of rotatable bonds is 5. The number of nitrogens with one attached hydrogen (secondary N) is 2. The third-order valence-electron chi connectivity index (χ3n) is 3.38. The van der Waals surface area contributed by atoms with Gasteiger partial charge >= 0.3 is 6.03 Å². The number of benzene rings is 1. The van der Waals surface area contributed by atoms with Crippen LogP contribution in [-0.4, -0.2) is 26.7 Å². The van der Waals surface area contributed by atoms with Crippen molar-refractivity contribution in [2.45, 2.75) is 31.2 Å². The van der Waals surface area contributed by atoms with Gasteiger partial charge in [-0.1, -0.05) is 6.07 Å². The van der Waals surface area contributed by atoms with E-state index in [9.17, 15) is 13.2 Å². The van der Waals surface area contributed by atoms with Crippen LogP contribution < -0.4 is 10.6 Å². The van der Waals surface area contributed by atoms with Gasteiger partial charge in [0.05, 0.1) is 4.90 Å². The number of carbonyl (C=O) groups excluding carboxylic acids is 1. The molecule has 2 N–H and O–H groups in total. The fourth-order valence-electron chi connectivity index (χ4n) is 2.16. The van der Waals surface area contributed by atoms with Gasteiger partial charge in [0, 0.05) is 18.0 Å². The van der Waals surface area contributed by atoms with Gasteiger partial charge in [0.25, 0.3) is 0 Å². The summed E-state index contributed by atoms with van der Waals surface area (Å²) < 4.78 is 23.2. The van der Waals surface area contributed by atoms with Crippen LogP contribution in [0.4, 0.5) is 10.5 Å². The molecule has 0 saturated heterocycles. The average Bonchev–Trinajstić information content (AvgIpc) is 2.92. The van der Waals surface area contributed by atoms with Crippen LogP contribution in [0.3, 0.4) is 0 Å². The number of hydrogen-bond acceptors (Lipinski definition) is 4. The first-order valence-electron chi connectivity index (χ1n) is 7.15. The van der Waals surface area contributed by atoms with Crippen molar-refractivity contribution in [3.05, 3.63) is 46.2 Å². The fourth-order valence-corrected chi connectivity index (χ4v) is 3.49. The molecule has 1 aromatic heterocycles. The fraction of sp³-hybridized carbons (Fsp3) is 0.312. The zero-order valence-electron chi connectivity index (χ0n) is 13.3. The van der Waals surface area contributed by atoms with Crippen molar-refractivity contribution >= 4 is 32.9 Å². The summed E-state index contributed by atoms with van der Waals surface area (Å²) in [5.41, 5.74) is 2.48. The van der Waals surface area contributed by atoms with Crippen molar-refractivity contribution in [2.75, 3.05) is 11.6 Å². The first kappa shape index (κ1) is 17.5. The lowest BCUT2D eigenvalue weighted by atomic mass is 10.1.